The van der Waals surface area contributed by atoms with Gasteiger partial charge >= 0.3 is 0 Å². The predicted octanol–water partition coefficient (Wildman–Crippen LogP) is 4.51. The van der Waals surface area contributed by atoms with Crippen LogP contribution in [-0.2, 0) is 11.3 Å². The van der Waals surface area contributed by atoms with Gasteiger partial charge in [0.15, 0.2) is 0 Å². The molecule has 0 radical (unpaired) electrons. The first-order valence-corrected chi connectivity index (χ1v) is 8.21. The SMILES string of the molecule is CNc1ccc(Cl)c(COC2CC3CCC2(C)C3(C)C)n1. The molecule has 4 heteroatoms. The molecule has 0 saturated heterocycles. The van der Waals surface area contributed by atoms with Crippen molar-refractivity contribution in [2.24, 2.45) is 16.7 Å². The van der Waals surface area contributed by atoms with Gasteiger partial charge in [-0.2, -0.15) is 0 Å². The van der Waals surface area contributed by atoms with E-state index in [4.69, 9.17) is 16.3 Å². The minimum Gasteiger partial charge on any atom is -0.373 e. The summed E-state index contributed by atoms with van der Waals surface area (Å²) < 4.78 is 6.27. The Bertz CT molecular complexity index is 546. The molecule has 21 heavy (non-hydrogen) atoms. The van der Waals surface area contributed by atoms with Crippen LogP contribution in [0.1, 0.15) is 45.7 Å². The van der Waals surface area contributed by atoms with E-state index in [-0.39, 0.29) is 5.41 Å². The smallest absolute Gasteiger partial charge is 0.126 e. The number of fused-ring (bicyclic) bond motifs is 2. The summed E-state index contributed by atoms with van der Waals surface area (Å²) in [4.78, 5) is 4.50. The Morgan fingerprint density at radius 2 is 2.14 bits per heavy atom. The molecular formula is C17H25ClN2O. The van der Waals surface area contributed by atoms with Gasteiger partial charge in [0.05, 0.1) is 23.4 Å². The fourth-order valence-electron chi connectivity index (χ4n) is 4.29. The topological polar surface area (TPSA) is 34.1 Å². The molecule has 0 aliphatic heterocycles. The number of anilines is 1. The van der Waals surface area contributed by atoms with Gasteiger partial charge in [0.1, 0.15) is 5.82 Å². The molecule has 0 amide bonds. The van der Waals surface area contributed by atoms with E-state index >= 15 is 0 Å². The summed E-state index contributed by atoms with van der Waals surface area (Å²) in [5.41, 5.74) is 1.49. The summed E-state index contributed by atoms with van der Waals surface area (Å²) in [6, 6.07) is 3.76. The largest absolute Gasteiger partial charge is 0.373 e. The molecule has 2 bridgehead atoms. The number of nitrogens with zero attached hydrogens (tertiary/aromatic N) is 1. The highest BCUT2D eigenvalue weighted by molar-refractivity contribution is 6.31. The van der Waals surface area contributed by atoms with Crippen LogP contribution in [0.25, 0.3) is 0 Å². The van der Waals surface area contributed by atoms with Crippen molar-refractivity contribution in [3.05, 3.63) is 22.8 Å². The van der Waals surface area contributed by atoms with Gasteiger partial charge in [0.2, 0.25) is 0 Å². The molecule has 1 heterocycles. The number of hydrogen-bond donors (Lipinski definition) is 1. The van der Waals surface area contributed by atoms with Crippen molar-refractivity contribution in [2.45, 2.75) is 52.7 Å². The monoisotopic (exact) mass is 308 g/mol. The number of rotatable bonds is 4. The van der Waals surface area contributed by atoms with E-state index in [9.17, 15) is 0 Å². The molecular weight excluding hydrogens is 284 g/mol. The molecule has 1 aromatic rings. The highest BCUT2D eigenvalue weighted by atomic mass is 35.5. The van der Waals surface area contributed by atoms with Gasteiger partial charge in [-0.3, -0.25) is 0 Å². The van der Waals surface area contributed by atoms with E-state index in [0.29, 0.717) is 23.1 Å². The summed E-state index contributed by atoms with van der Waals surface area (Å²) in [5, 5.41) is 3.73. The average molecular weight is 309 g/mol. The molecule has 2 aliphatic carbocycles. The number of ether oxygens (including phenoxy) is 1. The molecule has 116 valence electrons. The van der Waals surface area contributed by atoms with Gasteiger partial charge in [-0.15, -0.1) is 0 Å². The number of aromatic nitrogens is 1. The molecule has 3 rings (SSSR count). The van der Waals surface area contributed by atoms with Crippen LogP contribution in [0, 0.1) is 16.7 Å². The molecule has 2 aliphatic rings. The third-order valence-electron chi connectivity index (χ3n) is 6.31. The van der Waals surface area contributed by atoms with E-state index in [2.05, 4.69) is 31.1 Å². The maximum absolute atomic E-state index is 6.27. The predicted molar refractivity (Wildman–Crippen MR) is 86.6 cm³/mol. The second-order valence-corrected chi connectivity index (χ2v) is 7.69. The van der Waals surface area contributed by atoms with Gasteiger partial charge in [0, 0.05) is 7.05 Å². The van der Waals surface area contributed by atoms with E-state index in [1.807, 2.05) is 19.2 Å². The number of pyridine rings is 1. The van der Waals surface area contributed by atoms with Crippen molar-refractivity contribution >= 4 is 17.4 Å². The van der Waals surface area contributed by atoms with E-state index in [1.54, 1.807) is 0 Å². The third-order valence-corrected chi connectivity index (χ3v) is 6.65. The molecule has 1 N–H and O–H groups in total. The number of halogens is 1. The Hall–Kier alpha value is -0.800. The Labute approximate surface area is 132 Å². The third kappa shape index (κ3) is 2.25. The van der Waals surface area contributed by atoms with Crippen molar-refractivity contribution in [3.8, 4) is 0 Å². The van der Waals surface area contributed by atoms with Crippen molar-refractivity contribution < 1.29 is 4.74 Å². The molecule has 3 nitrogen and oxygen atoms in total. The summed E-state index contributed by atoms with van der Waals surface area (Å²) >= 11 is 6.24. The lowest BCUT2D eigenvalue weighted by molar-refractivity contribution is -0.0559. The summed E-state index contributed by atoms with van der Waals surface area (Å²) in [7, 11) is 1.86. The van der Waals surface area contributed by atoms with Crippen molar-refractivity contribution in [1.82, 2.24) is 4.98 Å². The van der Waals surface area contributed by atoms with Crippen LogP contribution in [0.3, 0.4) is 0 Å². The van der Waals surface area contributed by atoms with Crippen LogP contribution in [0.5, 0.6) is 0 Å². The first-order chi connectivity index (χ1) is 9.88. The lowest BCUT2D eigenvalue weighted by Gasteiger charge is -2.38. The fourth-order valence-corrected chi connectivity index (χ4v) is 4.45. The molecule has 3 atom stereocenters. The Kier molecular flexibility index (Phi) is 3.69. The number of nitrogens with one attached hydrogen (secondary N) is 1. The van der Waals surface area contributed by atoms with Gasteiger partial charge in [-0.25, -0.2) is 4.98 Å². The normalized spacial score (nSPS) is 33.4. The Morgan fingerprint density at radius 1 is 1.38 bits per heavy atom. The molecule has 1 aromatic heterocycles. The quantitative estimate of drug-likeness (QED) is 0.888. The Morgan fingerprint density at radius 3 is 2.71 bits per heavy atom. The minimum absolute atomic E-state index is 0.282. The molecule has 3 unspecified atom stereocenters. The summed E-state index contributed by atoms with van der Waals surface area (Å²) in [6.45, 7) is 7.70. The molecule has 0 aromatic carbocycles. The zero-order valence-electron chi connectivity index (χ0n) is 13.4. The van der Waals surface area contributed by atoms with Crippen LogP contribution in [0.2, 0.25) is 5.02 Å². The van der Waals surface area contributed by atoms with Crippen molar-refractivity contribution in [3.63, 3.8) is 0 Å². The van der Waals surface area contributed by atoms with Gasteiger partial charge in [-0.1, -0.05) is 32.4 Å². The Balaban J connectivity index is 1.72. The van der Waals surface area contributed by atoms with E-state index < -0.39 is 0 Å². The zero-order chi connectivity index (χ0) is 15.3. The number of hydrogen-bond acceptors (Lipinski definition) is 3. The molecule has 2 saturated carbocycles. The average Bonchev–Trinajstić information content (AvgIpc) is 2.79. The first kappa shape index (κ1) is 15.1. The highest BCUT2D eigenvalue weighted by Gasteiger charge is 2.61. The zero-order valence-corrected chi connectivity index (χ0v) is 14.1. The van der Waals surface area contributed by atoms with Crippen LogP contribution in [0.15, 0.2) is 12.1 Å². The highest BCUT2D eigenvalue weighted by Crippen LogP contribution is 2.66. The van der Waals surface area contributed by atoms with Crippen LogP contribution >= 0.6 is 11.6 Å². The van der Waals surface area contributed by atoms with E-state index in [1.165, 1.54) is 19.3 Å². The lowest BCUT2D eigenvalue weighted by Crippen LogP contribution is -2.37. The molecule has 2 fully saturated rings. The van der Waals surface area contributed by atoms with Gasteiger partial charge < -0.3 is 10.1 Å². The molecule has 0 spiro atoms. The summed E-state index contributed by atoms with van der Waals surface area (Å²) in [5.74, 6) is 1.62. The first-order valence-electron chi connectivity index (χ1n) is 7.83. The minimum atomic E-state index is 0.282. The van der Waals surface area contributed by atoms with Crippen molar-refractivity contribution in [2.75, 3.05) is 12.4 Å². The maximum atomic E-state index is 6.27. The van der Waals surface area contributed by atoms with Crippen LogP contribution < -0.4 is 5.32 Å². The van der Waals surface area contributed by atoms with Crippen LogP contribution in [0.4, 0.5) is 5.82 Å². The second-order valence-electron chi connectivity index (χ2n) is 7.29. The van der Waals surface area contributed by atoms with Crippen molar-refractivity contribution in [1.29, 1.82) is 0 Å². The maximum Gasteiger partial charge on any atom is 0.126 e. The van der Waals surface area contributed by atoms with E-state index in [0.717, 1.165) is 17.4 Å². The van der Waals surface area contributed by atoms with Gasteiger partial charge in [-0.05, 0) is 48.1 Å². The van der Waals surface area contributed by atoms with Gasteiger partial charge in [0.25, 0.3) is 0 Å². The fraction of sp³-hybridized carbons (Fsp3) is 0.706. The summed E-state index contributed by atoms with van der Waals surface area (Å²) in [6.07, 6.45) is 4.11. The second kappa shape index (κ2) is 5.13. The van der Waals surface area contributed by atoms with Crippen LogP contribution in [-0.4, -0.2) is 18.1 Å². The lowest BCUT2D eigenvalue weighted by atomic mass is 9.70. The standard InChI is InChI=1S/C17H25ClN2O/c1-16(2)11-7-8-17(16,3)14(9-11)21-10-13-12(18)5-6-15(19-4)20-13/h5-6,11,14H,7-10H2,1-4H3,(H,19,20).